The molecule has 2 rings (SSSR count). The van der Waals surface area contributed by atoms with Crippen LogP contribution < -0.4 is 0 Å². The number of likely N-dealkylation sites (N-methyl/N-ethyl adjacent to an activating group) is 1. The highest BCUT2D eigenvalue weighted by Gasteiger charge is 2.37. The summed E-state index contributed by atoms with van der Waals surface area (Å²) >= 11 is 0. The van der Waals surface area contributed by atoms with Crippen molar-refractivity contribution in [3.05, 3.63) is 24.2 Å². The normalized spacial score (nSPS) is 25.4. The smallest absolute Gasteiger partial charge is 0.117 e. The number of aliphatic hydroxyl groups is 1. The summed E-state index contributed by atoms with van der Waals surface area (Å²) in [5.41, 5.74) is 0.132. The molecule has 1 aromatic rings. The number of hydrogen-bond acceptors (Lipinski definition) is 4. The molecule has 1 atom stereocenters. The minimum absolute atomic E-state index is 0.132. The lowest BCUT2D eigenvalue weighted by molar-refractivity contribution is -0.0204. The van der Waals surface area contributed by atoms with E-state index in [0.29, 0.717) is 6.04 Å². The molecule has 1 N–H and O–H groups in total. The van der Waals surface area contributed by atoms with Crippen LogP contribution in [0, 0.1) is 0 Å². The van der Waals surface area contributed by atoms with E-state index in [2.05, 4.69) is 30.7 Å². The van der Waals surface area contributed by atoms with Gasteiger partial charge in [-0.05, 0) is 39.4 Å². The van der Waals surface area contributed by atoms with Gasteiger partial charge in [0.05, 0.1) is 12.8 Å². The maximum atomic E-state index is 9.15. The Bertz CT molecular complexity index is 362. The van der Waals surface area contributed by atoms with E-state index in [9.17, 15) is 0 Å². The average Bonchev–Trinajstić information content (AvgIpc) is 2.77. The van der Waals surface area contributed by atoms with Crippen molar-refractivity contribution in [1.29, 1.82) is 0 Å². The van der Waals surface area contributed by atoms with E-state index in [1.54, 1.807) is 6.26 Å². The molecule has 4 heteroatoms. The van der Waals surface area contributed by atoms with Crippen LogP contribution in [-0.4, -0.2) is 53.2 Å². The standard InChI is InChI=1S/C14H24N2O2/c1-14(2)11-15(3)12(6-7-17)9-16(14)10-13-5-4-8-18-13/h4-5,8,12,17H,6-7,9-11H2,1-3H3. The van der Waals surface area contributed by atoms with Gasteiger partial charge >= 0.3 is 0 Å². The largest absolute Gasteiger partial charge is 0.468 e. The minimum atomic E-state index is 0.132. The van der Waals surface area contributed by atoms with Crippen LogP contribution in [0.5, 0.6) is 0 Å². The van der Waals surface area contributed by atoms with Crippen molar-refractivity contribution in [2.24, 2.45) is 0 Å². The van der Waals surface area contributed by atoms with E-state index in [1.165, 1.54) is 0 Å². The molecule has 0 radical (unpaired) electrons. The second kappa shape index (κ2) is 5.43. The van der Waals surface area contributed by atoms with Crippen molar-refractivity contribution in [2.45, 2.75) is 38.4 Å². The van der Waals surface area contributed by atoms with Gasteiger partial charge in [0, 0.05) is 31.3 Å². The molecule has 0 bridgehead atoms. The van der Waals surface area contributed by atoms with Crippen LogP contribution >= 0.6 is 0 Å². The minimum Gasteiger partial charge on any atom is -0.468 e. The molecule has 2 heterocycles. The molecule has 0 spiro atoms. The number of hydrogen-bond donors (Lipinski definition) is 1. The second-order valence-electron chi connectivity index (χ2n) is 5.85. The molecule has 4 nitrogen and oxygen atoms in total. The van der Waals surface area contributed by atoms with Crippen molar-refractivity contribution in [3.63, 3.8) is 0 Å². The topological polar surface area (TPSA) is 39.9 Å². The molecular weight excluding hydrogens is 228 g/mol. The Morgan fingerprint density at radius 2 is 2.28 bits per heavy atom. The van der Waals surface area contributed by atoms with E-state index >= 15 is 0 Å². The van der Waals surface area contributed by atoms with Gasteiger partial charge in [-0.1, -0.05) is 0 Å². The van der Waals surface area contributed by atoms with Gasteiger partial charge in [-0.3, -0.25) is 4.90 Å². The SMILES string of the molecule is CN1CC(C)(C)N(Cc2ccco2)CC1CCO. The van der Waals surface area contributed by atoms with E-state index in [-0.39, 0.29) is 12.1 Å². The lowest BCUT2D eigenvalue weighted by Gasteiger charge is -2.49. The average molecular weight is 252 g/mol. The summed E-state index contributed by atoms with van der Waals surface area (Å²) in [6.07, 6.45) is 2.56. The van der Waals surface area contributed by atoms with Crippen molar-refractivity contribution < 1.29 is 9.52 Å². The molecule has 1 aliphatic heterocycles. The van der Waals surface area contributed by atoms with Gasteiger partial charge in [-0.2, -0.15) is 0 Å². The molecular formula is C14H24N2O2. The quantitative estimate of drug-likeness (QED) is 0.882. The third kappa shape index (κ3) is 2.94. The summed E-state index contributed by atoms with van der Waals surface area (Å²) < 4.78 is 5.45. The summed E-state index contributed by atoms with van der Waals surface area (Å²) in [6, 6.07) is 4.39. The van der Waals surface area contributed by atoms with Crippen LogP contribution in [0.25, 0.3) is 0 Å². The zero-order valence-electron chi connectivity index (χ0n) is 11.6. The molecule has 0 aliphatic carbocycles. The molecule has 102 valence electrons. The maximum Gasteiger partial charge on any atom is 0.117 e. The summed E-state index contributed by atoms with van der Waals surface area (Å²) in [6.45, 7) is 7.62. The Labute approximate surface area is 109 Å². The third-order valence-corrected chi connectivity index (χ3v) is 3.94. The molecule has 18 heavy (non-hydrogen) atoms. The fraction of sp³-hybridized carbons (Fsp3) is 0.714. The van der Waals surface area contributed by atoms with Crippen LogP contribution in [0.4, 0.5) is 0 Å². The highest BCUT2D eigenvalue weighted by Crippen LogP contribution is 2.26. The molecule has 1 fully saturated rings. The van der Waals surface area contributed by atoms with E-state index in [1.807, 2.05) is 12.1 Å². The fourth-order valence-electron chi connectivity index (χ4n) is 2.81. The lowest BCUT2D eigenvalue weighted by Crippen LogP contribution is -2.61. The summed E-state index contributed by atoms with van der Waals surface area (Å²) in [7, 11) is 2.15. The van der Waals surface area contributed by atoms with Crippen molar-refractivity contribution >= 4 is 0 Å². The van der Waals surface area contributed by atoms with Crippen LogP contribution in [0.1, 0.15) is 26.0 Å². The Morgan fingerprint density at radius 1 is 1.50 bits per heavy atom. The molecule has 1 saturated heterocycles. The van der Waals surface area contributed by atoms with Crippen molar-refractivity contribution in [3.8, 4) is 0 Å². The van der Waals surface area contributed by atoms with Crippen molar-refractivity contribution in [1.82, 2.24) is 9.80 Å². The van der Waals surface area contributed by atoms with Crippen molar-refractivity contribution in [2.75, 3.05) is 26.7 Å². The predicted octanol–water partition coefficient (Wildman–Crippen LogP) is 1.56. The van der Waals surface area contributed by atoms with E-state index in [0.717, 1.165) is 31.8 Å². The first-order valence-corrected chi connectivity index (χ1v) is 6.61. The Kier molecular flexibility index (Phi) is 4.10. The molecule has 1 unspecified atom stereocenters. The number of furan rings is 1. The Hall–Kier alpha value is -0.840. The second-order valence-corrected chi connectivity index (χ2v) is 5.85. The van der Waals surface area contributed by atoms with Gasteiger partial charge in [0.15, 0.2) is 0 Å². The van der Waals surface area contributed by atoms with Crippen LogP contribution in [0.15, 0.2) is 22.8 Å². The van der Waals surface area contributed by atoms with Gasteiger partial charge in [0.2, 0.25) is 0 Å². The first-order chi connectivity index (χ1) is 8.53. The Balaban J connectivity index is 2.06. The number of piperazine rings is 1. The van der Waals surface area contributed by atoms with Gasteiger partial charge in [0.1, 0.15) is 5.76 Å². The highest BCUT2D eigenvalue weighted by atomic mass is 16.3. The summed E-state index contributed by atoms with van der Waals surface area (Å²) in [4.78, 5) is 4.81. The molecule has 1 aromatic heterocycles. The number of aliphatic hydroxyl groups excluding tert-OH is 1. The first kappa shape index (κ1) is 13.6. The number of rotatable bonds is 4. The van der Waals surface area contributed by atoms with Gasteiger partial charge in [-0.25, -0.2) is 0 Å². The van der Waals surface area contributed by atoms with Crippen LogP contribution in [0.2, 0.25) is 0 Å². The van der Waals surface area contributed by atoms with Crippen LogP contribution in [-0.2, 0) is 6.54 Å². The predicted molar refractivity (Wildman–Crippen MR) is 71.3 cm³/mol. The van der Waals surface area contributed by atoms with Gasteiger partial charge < -0.3 is 14.4 Å². The highest BCUT2D eigenvalue weighted by molar-refractivity contribution is 5.02. The fourth-order valence-corrected chi connectivity index (χ4v) is 2.81. The van der Waals surface area contributed by atoms with Gasteiger partial charge in [-0.15, -0.1) is 0 Å². The Morgan fingerprint density at radius 3 is 2.89 bits per heavy atom. The third-order valence-electron chi connectivity index (χ3n) is 3.94. The lowest BCUT2D eigenvalue weighted by atomic mass is 9.94. The summed E-state index contributed by atoms with van der Waals surface area (Å²) in [5.74, 6) is 1.01. The molecule has 0 saturated carbocycles. The molecule has 0 aromatic carbocycles. The monoisotopic (exact) mass is 252 g/mol. The zero-order valence-corrected chi connectivity index (χ0v) is 11.6. The maximum absolute atomic E-state index is 9.15. The summed E-state index contributed by atoms with van der Waals surface area (Å²) in [5, 5.41) is 9.15. The van der Waals surface area contributed by atoms with Gasteiger partial charge in [0.25, 0.3) is 0 Å². The molecule has 0 amide bonds. The van der Waals surface area contributed by atoms with E-state index < -0.39 is 0 Å². The first-order valence-electron chi connectivity index (χ1n) is 6.61. The van der Waals surface area contributed by atoms with Crippen LogP contribution in [0.3, 0.4) is 0 Å². The zero-order chi connectivity index (χ0) is 13.2. The molecule has 1 aliphatic rings. The number of nitrogens with zero attached hydrogens (tertiary/aromatic N) is 2. The van der Waals surface area contributed by atoms with E-state index in [4.69, 9.17) is 9.52 Å².